The van der Waals surface area contributed by atoms with Crippen LogP contribution in [0.1, 0.15) is 61.1 Å². The number of hydrogen-bond donors (Lipinski definition) is 1. The minimum atomic E-state index is -1.18. The Balaban J connectivity index is 1.97. The van der Waals surface area contributed by atoms with Gasteiger partial charge in [0.05, 0.1) is 5.52 Å². The van der Waals surface area contributed by atoms with Gasteiger partial charge < -0.3 is 14.7 Å². The van der Waals surface area contributed by atoms with E-state index >= 15 is 0 Å². The summed E-state index contributed by atoms with van der Waals surface area (Å²) in [5.74, 6) is -0.496. The zero-order chi connectivity index (χ0) is 24.8. The summed E-state index contributed by atoms with van der Waals surface area (Å²) in [6, 6.07) is 6.02. The second-order valence-electron chi connectivity index (χ2n) is 8.83. The number of carbonyl (C=O) groups is 2. The first-order valence-corrected chi connectivity index (χ1v) is 13.4. The summed E-state index contributed by atoms with van der Waals surface area (Å²) in [7, 11) is 0.511. The van der Waals surface area contributed by atoms with Gasteiger partial charge in [-0.1, -0.05) is 13.8 Å². The average Bonchev–Trinajstić information content (AvgIpc) is 3.11. The molecular weight excluding hydrogens is 454 g/mol. The maximum absolute atomic E-state index is 13.1. The van der Waals surface area contributed by atoms with Gasteiger partial charge in [0.15, 0.2) is 0 Å². The van der Waals surface area contributed by atoms with Crippen LogP contribution in [0.2, 0.25) is 0 Å². The van der Waals surface area contributed by atoms with E-state index in [0.29, 0.717) is 30.3 Å². The molecule has 1 N–H and O–H groups in total. The van der Waals surface area contributed by atoms with Gasteiger partial charge >= 0.3 is 5.97 Å². The number of fused-ring (bicyclic) bond motifs is 1. The first-order chi connectivity index (χ1) is 16.3. The summed E-state index contributed by atoms with van der Waals surface area (Å²) >= 11 is 0. The van der Waals surface area contributed by atoms with E-state index in [-0.39, 0.29) is 12.3 Å². The van der Waals surface area contributed by atoms with Crippen LogP contribution in [0.3, 0.4) is 0 Å². The molecule has 0 aliphatic carbocycles. The number of nitrogens with zero attached hydrogens (tertiary/aromatic N) is 3. The molecule has 1 unspecified atom stereocenters. The van der Waals surface area contributed by atoms with E-state index in [1.807, 2.05) is 30.0 Å². The molecule has 1 atom stereocenters. The Kier molecular flexibility index (Phi) is 9.27. The number of carboxylic acid groups (broad SMARTS) is 1. The highest BCUT2D eigenvalue weighted by Crippen LogP contribution is 2.31. The molecule has 0 bridgehead atoms. The monoisotopic (exact) mass is 491 g/mol. The SMILES string of the molecule is CCN(Cc1c(C)n(S(=O)CC)c2ccc(C(=O)N(C)CCCC(=O)O)cc12)C1CCOCC1. The molecule has 2 heterocycles. The van der Waals surface area contributed by atoms with Crippen LogP contribution in [0.4, 0.5) is 0 Å². The van der Waals surface area contributed by atoms with Crippen molar-refractivity contribution < 1.29 is 23.6 Å². The highest BCUT2D eigenvalue weighted by molar-refractivity contribution is 7.83. The van der Waals surface area contributed by atoms with Crippen LogP contribution in [0.25, 0.3) is 10.9 Å². The van der Waals surface area contributed by atoms with Crippen molar-refractivity contribution in [2.24, 2.45) is 0 Å². The molecule has 2 aromatic rings. The normalized spacial score (nSPS) is 15.7. The molecule has 1 aromatic carbocycles. The molecule has 188 valence electrons. The molecular formula is C25H37N3O5S. The van der Waals surface area contributed by atoms with E-state index in [0.717, 1.165) is 61.3 Å². The van der Waals surface area contributed by atoms with Crippen LogP contribution in [-0.4, -0.2) is 80.1 Å². The standard InChI is InChI=1S/C25H37N3O5S/c1-5-27(20-11-14-33-15-12-20)17-22-18(3)28(34(32)6-2)23-10-9-19(16-21(22)23)25(31)26(4)13-7-8-24(29)30/h9-10,16,20H,5-8,11-15,17H2,1-4H3,(H,29,30). The van der Waals surface area contributed by atoms with E-state index in [1.54, 1.807) is 18.0 Å². The predicted molar refractivity (Wildman–Crippen MR) is 135 cm³/mol. The highest BCUT2D eigenvalue weighted by Gasteiger charge is 2.25. The third-order valence-corrected chi connectivity index (χ3v) is 8.06. The van der Waals surface area contributed by atoms with E-state index in [4.69, 9.17) is 9.84 Å². The van der Waals surface area contributed by atoms with E-state index in [9.17, 15) is 13.8 Å². The van der Waals surface area contributed by atoms with Crippen LogP contribution < -0.4 is 0 Å². The number of hydrogen-bond acceptors (Lipinski definition) is 5. The summed E-state index contributed by atoms with van der Waals surface area (Å²) in [6.07, 6.45) is 2.44. The Labute approximate surface area is 204 Å². The van der Waals surface area contributed by atoms with E-state index in [1.165, 1.54) is 0 Å². The molecule has 1 fully saturated rings. The average molecular weight is 492 g/mol. The van der Waals surface area contributed by atoms with Crippen molar-refractivity contribution >= 4 is 33.8 Å². The Hall–Kier alpha value is -2.23. The summed E-state index contributed by atoms with van der Waals surface area (Å²) in [5, 5.41) is 9.82. The van der Waals surface area contributed by atoms with Gasteiger partial charge in [0.1, 0.15) is 11.0 Å². The fraction of sp³-hybridized carbons (Fsp3) is 0.600. The van der Waals surface area contributed by atoms with Crippen molar-refractivity contribution in [3.63, 3.8) is 0 Å². The molecule has 1 amide bonds. The lowest BCUT2D eigenvalue weighted by Gasteiger charge is -2.33. The third-order valence-electron chi connectivity index (χ3n) is 6.68. The quantitative estimate of drug-likeness (QED) is 0.518. The third kappa shape index (κ3) is 5.87. The molecule has 34 heavy (non-hydrogen) atoms. The first-order valence-electron chi connectivity index (χ1n) is 12.1. The largest absolute Gasteiger partial charge is 0.481 e. The van der Waals surface area contributed by atoms with Crippen molar-refractivity contribution in [3.05, 3.63) is 35.0 Å². The molecule has 1 aromatic heterocycles. The number of amides is 1. The second kappa shape index (κ2) is 12.0. The van der Waals surface area contributed by atoms with Crippen LogP contribution in [-0.2, 0) is 27.1 Å². The zero-order valence-corrected chi connectivity index (χ0v) is 21.5. The Bertz CT molecular complexity index is 1040. The topological polar surface area (TPSA) is 92.1 Å². The highest BCUT2D eigenvalue weighted by atomic mass is 32.2. The summed E-state index contributed by atoms with van der Waals surface area (Å²) in [4.78, 5) is 27.9. The zero-order valence-electron chi connectivity index (χ0n) is 20.7. The maximum Gasteiger partial charge on any atom is 0.303 e. The van der Waals surface area contributed by atoms with Gasteiger partial charge in [0, 0.05) is 68.2 Å². The molecule has 9 heteroatoms. The van der Waals surface area contributed by atoms with Gasteiger partial charge in [0.2, 0.25) is 0 Å². The molecule has 3 rings (SSSR count). The molecule has 1 saturated heterocycles. The lowest BCUT2D eigenvalue weighted by Crippen LogP contribution is -2.39. The van der Waals surface area contributed by atoms with Gasteiger partial charge in [-0.2, -0.15) is 0 Å². The smallest absolute Gasteiger partial charge is 0.303 e. The van der Waals surface area contributed by atoms with Crippen LogP contribution in [0, 0.1) is 6.92 Å². The number of rotatable bonds is 11. The number of ether oxygens (including phenoxy) is 1. The van der Waals surface area contributed by atoms with Crippen molar-refractivity contribution in [2.75, 3.05) is 39.1 Å². The first kappa shape index (κ1) is 26.4. The van der Waals surface area contributed by atoms with Crippen LogP contribution in [0.5, 0.6) is 0 Å². The summed E-state index contributed by atoms with van der Waals surface area (Å²) in [6.45, 7) is 9.63. The fourth-order valence-electron chi connectivity index (χ4n) is 4.72. The number of aromatic nitrogens is 1. The summed E-state index contributed by atoms with van der Waals surface area (Å²) in [5.41, 5.74) is 3.51. The lowest BCUT2D eigenvalue weighted by molar-refractivity contribution is -0.137. The maximum atomic E-state index is 13.1. The van der Waals surface area contributed by atoms with E-state index < -0.39 is 17.0 Å². The molecule has 0 radical (unpaired) electrons. The van der Waals surface area contributed by atoms with Gasteiger partial charge in [-0.05, 0) is 56.5 Å². The van der Waals surface area contributed by atoms with Gasteiger partial charge in [-0.25, -0.2) is 4.21 Å². The molecule has 0 saturated carbocycles. The van der Waals surface area contributed by atoms with Gasteiger partial charge in [0.25, 0.3) is 5.91 Å². The predicted octanol–water partition coefficient (Wildman–Crippen LogP) is 3.42. The van der Waals surface area contributed by atoms with Crippen molar-refractivity contribution in [2.45, 2.75) is 59.0 Å². The molecule has 0 spiro atoms. The van der Waals surface area contributed by atoms with Crippen molar-refractivity contribution in [3.8, 4) is 0 Å². The van der Waals surface area contributed by atoms with Crippen LogP contribution >= 0.6 is 0 Å². The van der Waals surface area contributed by atoms with Crippen molar-refractivity contribution in [1.82, 2.24) is 13.8 Å². The van der Waals surface area contributed by atoms with Gasteiger partial charge in [-0.3, -0.25) is 18.5 Å². The Morgan fingerprint density at radius 1 is 1.24 bits per heavy atom. The molecule has 8 nitrogen and oxygen atoms in total. The Morgan fingerprint density at radius 3 is 2.56 bits per heavy atom. The second-order valence-corrected chi connectivity index (χ2v) is 10.4. The summed E-state index contributed by atoms with van der Waals surface area (Å²) < 4.78 is 20.4. The fourth-order valence-corrected chi connectivity index (χ4v) is 5.77. The van der Waals surface area contributed by atoms with Crippen molar-refractivity contribution in [1.29, 1.82) is 0 Å². The number of benzene rings is 1. The number of carboxylic acids is 1. The number of carbonyl (C=O) groups excluding carboxylic acids is 1. The minimum Gasteiger partial charge on any atom is -0.481 e. The number of aliphatic carboxylic acids is 1. The molecule has 1 aliphatic heterocycles. The van der Waals surface area contributed by atoms with Crippen LogP contribution in [0.15, 0.2) is 18.2 Å². The van der Waals surface area contributed by atoms with Gasteiger partial charge in [-0.15, -0.1) is 0 Å². The lowest BCUT2D eigenvalue weighted by atomic mass is 10.0. The van der Waals surface area contributed by atoms with E-state index in [2.05, 4.69) is 11.8 Å². The Morgan fingerprint density at radius 2 is 1.94 bits per heavy atom. The molecule has 1 aliphatic rings. The minimum absolute atomic E-state index is 0.0325.